The van der Waals surface area contributed by atoms with E-state index in [-0.39, 0.29) is 0 Å². The predicted octanol–water partition coefficient (Wildman–Crippen LogP) is 3.39. The number of aromatic amines is 1. The summed E-state index contributed by atoms with van der Waals surface area (Å²) in [6, 6.07) is 13.1. The van der Waals surface area contributed by atoms with E-state index in [0.717, 1.165) is 11.3 Å². The first-order valence-electron chi connectivity index (χ1n) is 8.52. The normalized spacial score (nSPS) is 10.4. The summed E-state index contributed by atoms with van der Waals surface area (Å²) in [6.07, 6.45) is 3.25. The van der Waals surface area contributed by atoms with Crippen LogP contribution in [-0.4, -0.2) is 25.3 Å². The quantitative estimate of drug-likeness (QED) is 0.470. The molecule has 9 nitrogen and oxygen atoms in total. The van der Waals surface area contributed by atoms with Gasteiger partial charge in [0.15, 0.2) is 11.6 Å². The van der Waals surface area contributed by atoms with Gasteiger partial charge < -0.3 is 15.2 Å². The van der Waals surface area contributed by atoms with E-state index in [1.165, 1.54) is 0 Å². The van der Waals surface area contributed by atoms with E-state index in [1.54, 1.807) is 24.5 Å². The summed E-state index contributed by atoms with van der Waals surface area (Å²) in [7, 11) is 0. The van der Waals surface area contributed by atoms with Crippen LogP contribution >= 0.6 is 0 Å². The van der Waals surface area contributed by atoms with Gasteiger partial charge in [-0.1, -0.05) is 23.4 Å². The first-order valence-corrected chi connectivity index (χ1v) is 8.52. The number of H-pyrrole nitrogens is 1. The Balaban J connectivity index is 1.71. The van der Waals surface area contributed by atoms with Crippen LogP contribution in [0.4, 0.5) is 17.6 Å². The molecule has 9 heteroatoms. The molecule has 0 fully saturated rings. The molecule has 0 aliphatic carbocycles. The molecular weight excluding hydrogens is 356 g/mol. The lowest BCUT2D eigenvalue weighted by molar-refractivity contribution is 0.388. The van der Waals surface area contributed by atoms with Crippen LogP contribution in [-0.2, 0) is 6.54 Å². The topological polar surface area (TPSA) is 128 Å². The molecule has 3 aromatic heterocycles. The van der Waals surface area contributed by atoms with Crippen molar-refractivity contribution in [3.8, 4) is 17.2 Å². The molecule has 0 saturated heterocycles. The van der Waals surface area contributed by atoms with Crippen LogP contribution in [0.25, 0.3) is 11.1 Å². The molecule has 3 heterocycles. The van der Waals surface area contributed by atoms with E-state index >= 15 is 0 Å². The average molecular weight is 372 g/mol. The zero-order valence-electron chi connectivity index (χ0n) is 15.0. The second-order valence-electron chi connectivity index (χ2n) is 6.01. The van der Waals surface area contributed by atoms with Gasteiger partial charge in [0.1, 0.15) is 5.82 Å². The standard InChI is InChI=1S/C19H16N8O/c1-12-8-17(27-26-12)24-18-16(15-5-3-2-4-13(15)9-20)11-22-19(25-18)21-10-14-6-7-23-28-14/h2-8,11H,10H2,1H3,(H3,21,22,24,25,26,27). The maximum absolute atomic E-state index is 9.45. The average Bonchev–Trinajstić information content (AvgIpc) is 3.38. The van der Waals surface area contributed by atoms with Gasteiger partial charge in [-0.25, -0.2) is 4.98 Å². The molecule has 0 unspecified atom stereocenters. The monoisotopic (exact) mass is 372 g/mol. The minimum absolute atomic E-state index is 0.398. The number of rotatable bonds is 6. The zero-order valence-corrected chi connectivity index (χ0v) is 15.0. The highest BCUT2D eigenvalue weighted by molar-refractivity contribution is 5.81. The van der Waals surface area contributed by atoms with Crippen LogP contribution in [0.15, 0.2) is 53.3 Å². The van der Waals surface area contributed by atoms with Crippen LogP contribution in [0.3, 0.4) is 0 Å². The third-order valence-electron chi connectivity index (χ3n) is 3.99. The Morgan fingerprint density at radius 3 is 2.86 bits per heavy atom. The molecule has 0 aliphatic rings. The summed E-state index contributed by atoms with van der Waals surface area (Å²) in [5.41, 5.74) is 2.89. The molecule has 0 spiro atoms. The molecule has 0 aliphatic heterocycles. The molecule has 0 amide bonds. The zero-order chi connectivity index (χ0) is 19.3. The Labute approximate surface area is 160 Å². The molecule has 138 valence electrons. The first kappa shape index (κ1) is 17.2. The van der Waals surface area contributed by atoms with Gasteiger partial charge in [0.25, 0.3) is 0 Å². The molecule has 4 aromatic rings. The Morgan fingerprint density at radius 2 is 2.11 bits per heavy atom. The maximum atomic E-state index is 9.45. The SMILES string of the molecule is Cc1cc(Nc2nc(NCc3ccno3)ncc2-c2ccccc2C#N)n[nH]1. The maximum Gasteiger partial charge on any atom is 0.225 e. The lowest BCUT2D eigenvalue weighted by Gasteiger charge is -2.12. The third-order valence-corrected chi connectivity index (χ3v) is 3.99. The Hall–Kier alpha value is -4.19. The van der Waals surface area contributed by atoms with E-state index in [9.17, 15) is 5.26 Å². The van der Waals surface area contributed by atoms with E-state index < -0.39 is 0 Å². The van der Waals surface area contributed by atoms with Crippen molar-refractivity contribution in [3.05, 3.63) is 65.8 Å². The van der Waals surface area contributed by atoms with E-state index in [2.05, 4.69) is 42.0 Å². The lowest BCUT2D eigenvalue weighted by Crippen LogP contribution is -2.06. The molecule has 0 atom stereocenters. The summed E-state index contributed by atoms with van der Waals surface area (Å²) < 4.78 is 5.07. The fourth-order valence-electron chi connectivity index (χ4n) is 2.68. The Kier molecular flexibility index (Phi) is 4.67. The summed E-state index contributed by atoms with van der Waals surface area (Å²) in [4.78, 5) is 8.95. The van der Waals surface area contributed by atoms with Gasteiger partial charge in [-0.05, 0) is 13.0 Å². The molecule has 3 N–H and O–H groups in total. The summed E-state index contributed by atoms with van der Waals surface area (Å²) in [5.74, 6) is 2.22. The predicted molar refractivity (Wildman–Crippen MR) is 103 cm³/mol. The molecule has 0 radical (unpaired) electrons. The highest BCUT2D eigenvalue weighted by atomic mass is 16.5. The Morgan fingerprint density at radius 1 is 1.21 bits per heavy atom. The summed E-state index contributed by atoms with van der Waals surface area (Å²) in [6.45, 7) is 2.31. The number of benzene rings is 1. The van der Waals surface area contributed by atoms with Crippen molar-refractivity contribution in [1.29, 1.82) is 5.26 Å². The fourth-order valence-corrected chi connectivity index (χ4v) is 2.68. The summed E-state index contributed by atoms with van der Waals surface area (Å²) >= 11 is 0. The van der Waals surface area contributed by atoms with E-state index in [1.807, 2.05) is 31.2 Å². The number of nitrogens with zero attached hydrogens (tertiary/aromatic N) is 5. The minimum atomic E-state index is 0.398. The third kappa shape index (κ3) is 3.66. The van der Waals surface area contributed by atoms with E-state index in [0.29, 0.717) is 41.0 Å². The van der Waals surface area contributed by atoms with Crippen molar-refractivity contribution in [3.63, 3.8) is 0 Å². The molecule has 28 heavy (non-hydrogen) atoms. The highest BCUT2D eigenvalue weighted by Gasteiger charge is 2.14. The number of anilines is 3. The van der Waals surface area contributed by atoms with Crippen LogP contribution in [0.5, 0.6) is 0 Å². The molecule has 0 saturated carbocycles. The van der Waals surface area contributed by atoms with E-state index in [4.69, 9.17) is 4.52 Å². The molecule has 1 aromatic carbocycles. The Bertz CT molecular complexity index is 1130. The minimum Gasteiger partial charge on any atom is -0.360 e. The van der Waals surface area contributed by atoms with Gasteiger partial charge in [0, 0.05) is 35.2 Å². The van der Waals surface area contributed by atoms with Gasteiger partial charge in [0.2, 0.25) is 5.95 Å². The first-order chi connectivity index (χ1) is 13.7. The van der Waals surface area contributed by atoms with Crippen LogP contribution in [0, 0.1) is 18.3 Å². The number of hydrogen-bond acceptors (Lipinski definition) is 8. The van der Waals surface area contributed by atoms with Gasteiger partial charge in [-0.3, -0.25) is 5.10 Å². The fraction of sp³-hybridized carbons (Fsp3) is 0.105. The number of aromatic nitrogens is 5. The molecule has 0 bridgehead atoms. The number of hydrogen-bond donors (Lipinski definition) is 3. The second kappa shape index (κ2) is 7.59. The van der Waals surface area contributed by atoms with Crippen LogP contribution in [0.2, 0.25) is 0 Å². The van der Waals surface area contributed by atoms with Crippen molar-refractivity contribution in [2.24, 2.45) is 0 Å². The molecular formula is C19H16N8O. The number of aryl methyl sites for hydroxylation is 1. The van der Waals surface area contributed by atoms with Gasteiger partial charge in [0.05, 0.1) is 24.4 Å². The second-order valence-corrected chi connectivity index (χ2v) is 6.01. The summed E-state index contributed by atoms with van der Waals surface area (Å²) in [5, 5.41) is 26.5. The number of nitriles is 1. The van der Waals surface area contributed by atoms with Crippen molar-refractivity contribution in [1.82, 2.24) is 25.3 Å². The lowest BCUT2D eigenvalue weighted by atomic mass is 10.0. The van der Waals surface area contributed by atoms with Crippen molar-refractivity contribution < 1.29 is 4.52 Å². The highest BCUT2D eigenvalue weighted by Crippen LogP contribution is 2.31. The van der Waals surface area contributed by atoms with Gasteiger partial charge in [-0.2, -0.15) is 15.3 Å². The van der Waals surface area contributed by atoms with Gasteiger partial charge >= 0.3 is 0 Å². The number of nitrogens with one attached hydrogen (secondary N) is 3. The van der Waals surface area contributed by atoms with Crippen LogP contribution < -0.4 is 10.6 Å². The smallest absolute Gasteiger partial charge is 0.225 e. The van der Waals surface area contributed by atoms with Crippen molar-refractivity contribution in [2.75, 3.05) is 10.6 Å². The van der Waals surface area contributed by atoms with Crippen molar-refractivity contribution in [2.45, 2.75) is 13.5 Å². The largest absolute Gasteiger partial charge is 0.360 e. The molecule has 4 rings (SSSR count). The van der Waals surface area contributed by atoms with Crippen LogP contribution in [0.1, 0.15) is 17.0 Å². The van der Waals surface area contributed by atoms with Gasteiger partial charge in [-0.15, -0.1) is 0 Å². The van der Waals surface area contributed by atoms with Crippen molar-refractivity contribution >= 4 is 17.6 Å².